The van der Waals surface area contributed by atoms with Gasteiger partial charge in [0, 0.05) is 23.5 Å². The number of esters is 1. The molecule has 0 spiro atoms. The third-order valence-corrected chi connectivity index (χ3v) is 7.23. The van der Waals surface area contributed by atoms with E-state index in [1.165, 1.54) is 29.5 Å². The molecule has 0 saturated carbocycles. The lowest BCUT2D eigenvalue weighted by molar-refractivity contribution is 0.0594. The molecule has 2 bridgehead atoms. The van der Waals surface area contributed by atoms with E-state index in [1.807, 2.05) is 0 Å². The maximum absolute atomic E-state index is 11.6. The highest BCUT2D eigenvalue weighted by atomic mass is 32.1. The van der Waals surface area contributed by atoms with E-state index < -0.39 is 5.97 Å². The van der Waals surface area contributed by atoms with Gasteiger partial charge in [-0.3, -0.25) is 4.68 Å². The number of nitrogens with two attached hydrogens (primary N) is 1. The second kappa shape index (κ2) is 7.75. The van der Waals surface area contributed by atoms with Gasteiger partial charge >= 0.3 is 5.97 Å². The Bertz CT molecular complexity index is 1090. The molecule has 2 N–H and O–H groups in total. The first kappa shape index (κ1) is 20.2. The molecule has 0 amide bonds. The fourth-order valence-corrected chi connectivity index (χ4v) is 5.70. The lowest BCUT2D eigenvalue weighted by Gasteiger charge is -2.46. The minimum atomic E-state index is -0.464. The van der Waals surface area contributed by atoms with Crippen LogP contribution >= 0.6 is 12.8 Å². The van der Waals surface area contributed by atoms with E-state index in [0.717, 1.165) is 37.0 Å². The maximum atomic E-state index is 11.6. The van der Waals surface area contributed by atoms with Gasteiger partial charge in [0.05, 0.1) is 19.3 Å². The molecular formula is C23H27N5O2S. The molecule has 0 radical (unpaired) electrons. The van der Waals surface area contributed by atoms with Crippen LogP contribution in [-0.4, -0.2) is 38.4 Å². The Balaban J connectivity index is 1.33. The summed E-state index contributed by atoms with van der Waals surface area (Å²) in [5, 5.41) is 7.94. The zero-order chi connectivity index (χ0) is 21.7. The molecule has 5 rings (SSSR count). The maximum Gasteiger partial charge on any atom is 0.360 e. The van der Waals surface area contributed by atoms with Crippen molar-refractivity contribution in [1.82, 2.24) is 19.3 Å². The fourth-order valence-electron chi connectivity index (χ4n) is 5.32. The van der Waals surface area contributed by atoms with Crippen LogP contribution in [0.5, 0.6) is 0 Å². The van der Waals surface area contributed by atoms with Crippen LogP contribution in [0.1, 0.15) is 43.1 Å². The number of methoxy groups -OCH3 is 1. The first-order chi connectivity index (χ1) is 14.9. The van der Waals surface area contributed by atoms with Crippen LogP contribution in [-0.2, 0) is 11.3 Å². The Morgan fingerprint density at radius 2 is 2.16 bits per heavy atom. The van der Waals surface area contributed by atoms with Gasteiger partial charge in [-0.1, -0.05) is 53.5 Å². The van der Waals surface area contributed by atoms with E-state index in [-0.39, 0.29) is 11.7 Å². The fraction of sp³-hybridized carbons (Fsp3) is 0.435. The van der Waals surface area contributed by atoms with Gasteiger partial charge in [0.25, 0.3) is 0 Å². The summed E-state index contributed by atoms with van der Waals surface area (Å²) in [5.41, 5.74) is 14.3. The van der Waals surface area contributed by atoms with Crippen molar-refractivity contribution in [1.29, 1.82) is 0 Å². The zero-order valence-corrected chi connectivity index (χ0v) is 18.7. The molecule has 31 heavy (non-hydrogen) atoms. The molecule has 3 aliphatic carbocycles. The first-order valence-electron chi connectivity index (χ1n) is 10.7. The van der Waals surface area contributed by atoms with Crippen LogP contribution in [0.2, 0.25) is 0 Å². The van der Waals surface area contributed by atoms with Gasteiger partial charge in [0.15, 0.2) is 5.69 Å². The lowest BCUT2D eigenvalue weighted by atomic mass is 9.68. The van der Waals surface area contributed by atoms with Crippen LogP contribution in [0.4, 0.5) is 0 Å². The molecule has 4 aliphatic rings. The third-order valence-electron chi connectivity index (χ3n) is 6.74. The van der Waals surface area contributed by atoms with Crippen molar-refractivity contribution in [3.63, 3.8) is 0 Å². The van der Waals surface area contributed by atoms with Gasteiger partial charge in [-0.15, -0.1) is 5.10 Å². The van der Waals surface area contributed by atoms with E-state index in [0.29, 0.717) is 18.4 Å². The smallest absolute Gasteiger partial charge is 0.360 e. The minimum absolute atomic E-state index is 0.116. The van der Waals surface area contributed by atoms with Crippen molar-refractivity contribution < 1.29 is 9.53 Å². The Morgan fingerprint density at radius 3 is 2.97 bits per heavy atom. The van der Waals surface area contributed by atoms with E-state index in [9.17, 15) is 4.79 Å². The van der Waals surface area contributed by atoms with E-state index in [1.54, 1.807) is 10.9 Å². The van der Waals surface area contributed by atoms with Crippen LogP contribution in [0.15, 0.2) is 64.2 Å². The van der Waals surface area contributed by atoms with E-state index in [2.05, 4.69) is 45.8 Å². The Kier molecular flexibility index (Phi) is 5.04. The normalized spacial score (nSPS) is 26.9. The number of carbonyl (C=O) groups excluding carboxylic acids is 1. The largest absolute Gasteiger partial charge is 0.464 e. The molecule has 3 atom stereocenters. The number of carbonyl (C=O) groups is 1. The molecule has 2 heterocycles. The first-order valence-corrected chi connectivity index (χ1v) is 11.1. The Morgan fingerprint density at radius 1 is 1.32 bits per heavy atom. The minimum Gasteiger partial charge on any atom is -0.464 e. The highest BCUT2D eigenvalue weighted by molar-refractivity contribution is 7.77. The number of allylic oxidation sites excluding steroid dienone is 6. The second-order valence-corrected chi connectivity index (χ2v) is 9.23. The number of hydrogen-bond donors (Lipinski definition) is 2. The van der Waals surface area contributed by atoms with Crippen molar-refractivity contribution >= 4 is 18.8 Å². The summed E-state index contributed by atoms with van der Waals surface area (Å²) in [6.45, 7) is 2.80. The molecule has 8 heteroatoms. The van der Waals surface area contributed by atoms with Gasteiger partial charge in [-0.05, 0) is 50.0 Å². The number of hydrogen-bond acceptors (Lipinski definition) is 7. The zero-order valence-electron chi connectivity index (χ0n) is 17.8. The molecule has 0 saturated heterocycles. The van der Waals surface area contributed by atoms with E-state index in [4.69, 9.17) is 23.3 Å². The average Bonchev–Trinajstić information content (AvgIpc) is 3.24. The molecule has 3 unspecified atom stereocenters. The third kappa shape index (κ3) is 3.52. The van der Waals surface area contributed by atoms with Crippen molar-refractivity contribution in [2.75, 3.05) is 7.11 Å². The van der Waals surface area contributed by atoms with Gasteiger partial charge in [0.1, 0.15) is 0 Å². The Hall–Kier alpha value is -2.74. The second-order valence-electron chi connectivity index (χ2n) is 8.80. The molecule has 162 valence electrons. The van der Waals surface area contributed by atoms with Crippen molar-refractivity contribution in [3.05, 3.63) is 69.9 Å². The highest BCUT2D eigenvalue weighted by Crippen LogP contribution is 2.50. The van der Waals surface area contributed by atoms with Gasteiger partial charge < -0.3 is 14.8 Å². The van der Waals surface area contributed by atoms with Crippen molar-refractivity contribution in [2.45, 2.75) is 45.2 Å². The molecule has 1 aliphatic heterocycles. The molecule has 0 fully saturated rings. The van der Waals surface area contributed by atoms with Crippen LogP contribution in [0.3, 0.4) is 0 Å². The standard InChI is InChI=1S/C23H27N5O2S/c1-13-3-4-17-19(7-13)28(31)20-11-15-8-14(9-16(10-15)21(20)22(17)24)5-6-27-12-18(25-26-27)23(29)30-2/h3-4,7-8,12,15-16,19,31H,5-6,9-11,24H2,1-2H3. The summed E-state index contributed by atoms with van der Waals surface area (Å²) in [4.78, 5) is 11.6. The number of fused-ring (bicyclic) bond motifs is 4. The molecular weight excluding hydrogens is 410 g/mol. The van der Waals surface area contributed by atoms with Gasteiger partial charge in [-0.2, -0.15) is 0 Å². The molecule has 1 aromatic rings. The van der Waals surface area contributed by atoms with E-state index >= 15 is 0 Å². The predicted molar refractivity (Wildman–Crippen MR) is 121 cm³/mol. The lowest BCUT2D eigenvalue weighted by Crippen LogP contribution is -2.40. The molecule has 0 aromatic carbocycles. The topological polar surface area (TPSA) is 86.3 Å². The quantitative estimate of drug-likeness (QED) is 0.427. The summed E-state index contributed by atoms with van der Waals surface area (Å²) in [7, 11) is 1.34. The molecule has 1 aromatic heterocycles. The molecule has 7 nitrogen and oxygen atoms in total. The number of aromatic nitrogens is 3. The number of nitrogens with zero attached hydrogens (tertiary/aromatic N) is 4. The van der Waals surface area contributed by atoms with Gasteiger partial charge in [-0.25, -0.2) is 4.79 Å². The summed E-state index contributed by atoms with van der Waals surface area (Å²) < 4.78 is 8.54. The van der Waals surface area contributed by atoms with Crippen LogP contribution in [0, 0.1) is 11.8 Å². The average molecular weight is 438 g/mol. The number of rotatable bonds is 4. The number of ether oxygens (including phenoxy) is 1. The monoisotopic (exact) mass is 437 g/mol. The summed E-state index contributed by atoms with van der Waals surface area (Å²) >= 11 is 4.90. The van der Waals surface area contributed by atoms with Gasteiger partial charge in [0.2, 0.25) is 0 Å². The summed E-state index contributed by atoms with van der Waals surface area (Å²) in [6, 6.07) is 0.116. The SMILES string of the molecule is COC(=O)c1cn(CCC2=CC3CC4=C(C(N)=C5C=CC(C)=CC5N4S)C(C2)C3)nn1. The summed E-state index contributed by atoms with van der Waals surface area (Å²) in [5.74, 6) is 0.454. The van der Waals surface area contributed by atoms with Crippen molar-refractivity contribution in [3.8, 4) is 0 Å². The summed E-state index contributed by atoms with van der Waals surface area (Å²) in [6.07, 6.45) is 14.6. The number of aryl methyl sites for hydroxylation is 1. The van der Waals surface area contributed by atoms with Crippen LogP contribution in [0.25, 0.3) is 0 Å². The van der Waals surface area contributed by atoms with Crippen molar-refractivity contribution in [2.24, 2.45) is 17.6 Å². The highest BCUT2D eigenvalue weighted by Gasteiger charge is 2.40. The Labute approximate surface area is 187 Å². The predicted octanol–water partition coefficient (Wildman–Crippen LogP) is 3.32. The number of thiol groups is 1. The van der Waals surface area contributed by atoms with Crippen LogP contribution < -0.4 is 5.73 Å².